The molecule has 1 rings (SSSR count). The predicted molar refractivity (Wildman–Crippen MR) is 76.3 cm³/mol. The maximum absolute atomic E-state index is 12.0. The van der Waals surface area contributed by atoms with E-state index >= 15 is 0 Å². The number of hydrogen-bond acceptors (Lipinski definition) is 3. The minimum Gasteiger partial charge on any atom is -0.368 e. The van der Waals surface area contributed by atoms with E-state index in [1.54, 1.807) is 12.3 Å². The van der Waals surface area contributed by atoms with Crippen LogP contribution in [-0.2, 0) is 11.3 Å². The average Bonchev–Trinajstić information content (AvgIpc) is 2.42. The van der Waals surface area contributed by atoms with Crippen molar-refractivity contribution in [3.63, 3.8) is 0 Å². The standard InChI is InChI=1S/C14H21N3O3/c1-3-5-6-11(13(15)19)16-14(20)10-7-8-17(4-2)12(18)9-10/h7-9,11H,3-6H2,1-2H3,(H2,15,19)(H,16,20)/t11-/m1/s1. The number of aryl methyl sites for hydroxylation is 1. The third kappa shape index (κ3) is 4.22. The van der Waals surface area contributed by atoms with Crippen LogP contribution in [0, 0.1) is 0 Å². The molecule has 3 N–H and O–H groups in total. The van der Waals surface area contributed by atoms with Gasteiger partial charge in [-0.2, -0.15) is 0 Å². The van der Waals surface area contributed by atoms with E-state index < -0.39 is 17.9 Å². The Kier molecular flexibility index (Phi) is 5.96. The lowest BCUT2D eigenvalue weighted by Crippen LogP contribution is -2.44. The lowest BCUT2D eigenvalue weighted by molar-refractivity contribution is -0.120. The molecular weight excluding hydrogens is 258 g/mol. The highest BCUT2D eigenvalue weighted by Crippen LogP contribution is 2.02. The molecule has 0 saturated carbocycles. The maximum atomic E-state index is 12.0. The van der Waals surface area contributed by atoms with Gasteiger partial charge in [-0.3, -0.25) is 14.4 Å². The van der Waals surface area contributed by atoms with Gasteiger partial charge in [-0.15, -0.1) is 0 Å². The van der Waals surface area contributed by atoms with Gasteiger partial charge in [-0.25, -0.2) is 0 Å². The molecule has 0 radical (unpaired) electrons. The fraction of sp³-hybridized carbons (Fsp3) is 0.500. The van der Waals surface area contributed by atoms with Crippen molar-refractivity contribution in [1.29, 1.82) is 0 Å². The Bertz CT molecular complexity index is 537. The minimum atomic E-state index is -0.698. The zero-order valence-corrected chi connectivity index (χ0v) is 11.9. The molecule has 6 heteroatoms. The van der Waals surface area contributed by atoms with Gasteiger partial charge in [0, 0.05) is 24.4 Å². The van der Waals surface area contributed by atoms with Gasteiger partial charge in [0.15, 0.2) is 0 Å². The molecule has 1 aromatic heterocycles. The van der Waals surface area contributed by atoms with Gasteiger partial charge in [-0.1, -0.05) is 19.8 Å². The number of rotatable bonds is 7. The summed E-state index contributed by atoms with van der Waals surface area (Å²) in [5.41, 5.74) is 5.25. The number of nitrogens with zero attached hydrogens (tertiary/aromatic N) is 1. The van der Waals surface area contributed by atoms with Gasteiger partial charge in [0.05, 0.1) is 0 Å². The SMILES string of the molecule is CCCC[C@@H](NC(=O)c1ccn(CC)c(=O)c1)C(N)=O. The van der Waals surface area contributed by atoms with Gasteiger partial charge in [0.1, 0.15) is 6.04 Å². The minimum absolute atomic E-state index is 0.238. The second-order valence-corrected chi connectivity index (χ2v) is 4.61. The van der Waals surface area contributed by atoms with Crippen molar-refractivity contribution in [2.24, 2.45) is 5.73 Å². The van der Waals surface area contributed by atoms with E-state index in [2.05, 4.69) is 5.32 Å². The number of amides is 2. The molecule has 1 atom stereocenters. The van der Waals surface area contributed by atoms with Crippen LogP contribution in [0.3, 0.4) is 0 Å². The quantitative estimate of drug-likeness (QED) is 0.767. The Morgan fingerprint density at radius 1 is 1.40 bits per heavy atom. The van der Waals surface area contributed by atoms with Gasteiger partial charge in [-0.05, 0) is 19.4 Å². The fourth-order valence-electron chi connectivity index (χ4n) is 1.85. The number of nitrogens with two attached hydrogens (primary N) is 1. The Morgan fingerprint density at radius 2 is 2.10 bits per heavy atom. The van der Waals surface area contributed by atoms with E-state index in [4.69, 9.17) is 5.73 Å². The van der Waals surface area contributed by atoms with Crippen LogP contribution in [0.25, 0.3) is 0 Å². The molecule has 0 fully saturated rings. The molecule has 0 aromatic carbocycles. The molecule has 0 aliphatic carbocycles. The summed E-state index contributed by atoms with van der Waals surface area (Å²) < 4.78 is 1.49. The van der Waals surface area contributed by atoms with Crippen LogP contribution in [0.4, 0.5) is 0 Å². The average molecular weight is 279 g/mol. The third-order valence-corrected chi connectivity index (χ3v) is 3.09. The number of carbonyl (C=O) groups is 2. The largest absolute Gasteiger partial charge is 0.368 e. The summed E-state index contributed by atoms with van der Waals surface area (Å²) in [6, 6.07) is 2.12. The molecule has 0 spiro atoms. The normalized spacial score (nSPS) is 11.9. The summed E-state index contributed by atoms with van der Waals surface area (Å²) in [5.74, 6) is -1.01. The molecule has 2 amide bonds. The number of aromatic nitrogens is 1. The molecule has 0 saturated heterocycles. The van der Waals surface area contributed by atoms with Crippen LogP contribution >= 0.6 is 0 Å². The Labute approximate surface area is 118 Å². The second kappa shape index (κ2) is 7.47. The van der Waals surface area contributed by atoms with Crippen molar-refractivity contribution < 1.29 is 9.59 Å². The van der Waals surface area contributed by atoms with E-state index in [1.807, 2.05) is 13.8 Å². The van der Waals surface area contributed by atoms with Crippen molar-refractivity contribution in [2.75, 3.05) is 0 Å². The van der Waals surface area contributed by atoms with E-state index in [1.165, 1.54) is 10.6 Å². The highest BCUT2D eigenvalue weighted by molar-refractivity contribution is 5.97. The first-order valence-corrected chi connectivity index (χ1v) is 6.80. The monoisotopic (exact) mass is 279 g/mol. The number of hydrogen-bond donors (Lipinski definition) is 2. The third-order valence-electron chi connectivity index (χ3n) is 3.09. The first kappa shape index (κ1) is 15.9. The molecule has 0 bridgehead atoms. The number of unbranched alkanes of at least 4 members (excludes halogenated alkanes) is 1. The first-order valence-electron chi connectivity index (χ1n) is 6.80. The highest BCUT2D eigenvalue weighted by Gasteiger charge is 2.18. The van der Waals surface area contributed by atoms with Crippen LogP contribution < -0.4 is 16.6 Å². The molecule has 6 nitrogen and oxygen atoms in total. The van der Waals surface area contributed by atoms with Crippen LogP contribution in [-0.4, -0.2) is 22.4 Å². The Balaban J connectivity index is 2.81. The van der Waals surface area contributed by atoms with Crippen LogP contribution in [0.5, 0.6) is 0 Å². The highest BCUT2D eigenvalue weighted by atomic mass is 16.2. The zero-order valence-electron chi connectivity index (χ0n) is 11.9. The molecule has 0 unspecified atom stereocenters. The van der Waals surface area contributed by atoms with E-state index in [9.17, 15) is 14.4 Å². The summed E-state index contributed by atoms with van der Waals surface area (Å²) in [7, 11) is 0. The fourth-order valence-corrected chi connectivity index (χ4v) is 1.85. The lowest BCUT2D eigenvalue weighted by Gasteiger charge is -2.15. The summed E-state index contributed by atoms with van der Waals surface area (Å²) in [6.45, 7) is 4.38. The smallest absolute Gasteiger partial charge is 0.252 e. The van der Waals surface area contributed by atoms with E-state index in [0.717, 1.165) is 12.8 Å². The van der Waals surface area contributed by atoms with Crippen molar-refractivity contribution >= 4 is 11.8 Å². The number of carbonyl (C=O) groups excluding carboxylic acids is 2. The lowest BCUT2D eigenvalue weighted by atomic mass is 10.1. The molecule has 0 aliphatic heterocycles. The van der Waals surface area contributed by atoms with Gasteiger partial charge in [0.25, 0.3) is 11.5 Å². The van der Waals surface area contributed by atoms with Crippen molar-refractivity contribution in [2.45, 2.75) is 45.7 Å². The molecule has 1 aromatic rings. The molecule has 1 heterocycles. The Hall–Kier alpha value is -2.11. The van der Waals surface area contributed by atoms with Crippen molar-refractivity contribution in [3.05, 3.63) is 34.2 Å². The summed E-state index contributed by atoms with van der Waals surface area (Å²) in [5, 5.41) is 2.57. The van der Waals surface area contributed by atoms with Crippen LogP contribution in [0.15, 0.2) is 23.1 Å². The maximum Gasteiger partial charge on any atom is 0.252 e. The Morgan fingerprint density at radius 3 is 2.60 bits per heavy atom. The zero-order chi connectivity index (χ0) is 15.1. The van der Waals surface area contributed by atoms with Crippen molar-refractivity contribution in [1.82, 2.24) is 9.88 Å². The summed E-state index contributed by atoms with van der Waals surface area (Å²) >= 11 is 0. The van der Waals surface area contributed by atoms with Gasteiger partial charge in [0.2, 0.25) is 5.91 Å². The summed E-state index contributed by atoms with van der Waals surface area (Å²) in [6.07, 6.45) is 3.77. The van der Waals surface area contributed by atoms with Crippen LogP contribution in [0.1, 0.15) is 43.5 Å². The molecule has 0 aliphatic rings. The van der Waals surface area contributed by atoms with Gasteiger partial charge >= 0.3 is 0 Å². The van der Waals surface area contributed by atoms with E-state index in [-0.39, 0.29) is 11.1 Å². The van der Waals surface area contributed by atoms with E-state index in [0.29, 0.717) is 13.0 Å². The second-order valence-electron chi connectivity index (χ2n) is 4.61. The van der Waals surface area contributed by atoms with Crippen molar-refractivity contribution in [3.8, 4) is 0 Å². The summed E-state index contributed by atoms with van der Waals surface area (Å²) in [4.78, 5) is 34.9. The molecule has 20 heavy (non-hydrogen) atoms. The van der Waals surface area contributed by atoms with Crippen LogP contribution in [0.2, 0.25) is 0 Å². The predicted octanol–water partition coefficient (Wildman–Crippen LogP) is 0.642. The molecular formula is C14H21N3O3. The van der Waals surface area contributed by atoms with Gasteiger partial charge < -0.3 is 15.6 Å². The molecule has 110 valence electrons. The number of primary amides is 1. The number of nitrogens with one attached hydrogen (secondary N) is 1. The number of pyridine rings is 1. The first-order chi connectivity index (χ1) is 9.49. The topological polar surface area (TPSA) is 94.2 Å².